The van der Waals surface area contributed by atoms with E-state index in [2.05, 4.69) is 5.32 Å². The van der Waals surface area contributed by atoms with Crippen molar-refractivity contribution in [1.82, 2.24) is 10.2 Å². The van der Waals surface area contributed by atoms with Crippen LogP contribution >= 0.6 is 0 Å². The second-order valence-electron chi connectivity index (χ2n) is 5.35. The third-order valence-electron chi connectivity index (χ3n) is 3.83. The molecular weight excluding hydrogens is 252 g/mol. The third-order valence-corrected chi connectivity index (χ3v) is 5.54. The van der Waals surface area contributed by atoms with Crippen molar-refractivity contribution in [3.63, 3.8) is 0 Å². The number of nitrogens with zero attached hydrogens (tertiary/aromatic N) is 1. The summed E-state index contributed by atoms with van der Waals surface area (Å²) in [5.74, 6) is 0.644. The Hall–Kier alpha value is -0.620. The smallest absolute Gasteiger partial charge is 0.239 e. The minimum atomic E-state index is -2.82. The highest BCUT2D eigenvalue weighted by Gasteiger charge is 2.28. The van der Waals surface area contributed by atoms with Crippen molar-refractivity contribution in [2.75, 3.05) is 24.6 Å². The van der Waals surface area contributed by atoms with E-state index in [1.54, 1.807) is 0 Å². The van der Waals surface area contributed by atoms with E-state index < -0.39 is 9.84 Å². The SMILES string of the molecule is CC(NC1CCS(=O)(=O)CC1)C(=O)N1CCCC1. The molecule has 0 aromatic carbocycles. The van der Waals surface area contributed by atoms with Crippen molar-refractivity contribution in [2.24, 2.45) is 0 Å². The zero-order chi connectivity index (χ0) is 13.2. The van der Waals surface area contributed by atoms with Gasteiger partial charge in [0.05, 0.1) is 17.5 Å². The third kappa shape index (κ3) is 3.45. The van der Waals surface area contributed by atoms with E-state index in [0.717, 1.165) is 25.9 Å². The molecular formula is C12H22N2O3S. The highest BCUT2D eigenvalue weighted by Crippen LogP contribution is 2.14. The lowest BCUT2D eigenvalue weighted by Crippen LogP contribution is -2.49. The van der Waals surface area contributed by atoms with E-state index in [1.165, 1.54) is 0 Å². The zero-order valence-electron chi connectivity index (χ0n) is 10.9. The fourth-order valence-corrected chi connectivity index (χ4v) is 4.18. The lowest BCUT2D eigenvalue weighted by atomic mass is 10.1. The van der Waals surface area contributed by atoms with Crippen LogP contribution in [0, 0.1) is 0 Å². The topological polar surface area (TPSA) is 66.5 Å². The number of sulfone groups is 1. The van der Waals surface area contributed by atoms with Crippen molar-refractivity contribution >= 4 is 15.7 Å². The molecule has 0 saturated carbocycles. The molecule has 0 aliphatic carbocycles. The maximum absolute atomic E-state index is 12.1. The molecule has 2 fully saturated rings. The minimum absolute atomic E-state index is 0.154. The van der Waals surface area contributed by atoms with Gasteiger partial charge in [-0.1, -0.05) is 0 Å². The van der Waals surface area contributed by atoms with Crippen LogP contribution in [0.5, 0.6) is 0 Å². The molecule has 2 aliphatic rings. The fraction of sp³-hybridized carbons (Fsp3) is 0.917. The van der Waals surface area contributed by atoms with Crippen LogP contribution in [-0.4, -0.2) is 55.9 Å². The molecule has 1 unspecified atom stereocenters. The molecule has 0 aromatic heterocycles. The number of rotatable bonds is 3. The Morgan fingerprint density at radius 1 is 1.22 bits per heavy atom. The van der Waals surface area contributed by atoms with Gasteiger partial charge in [0.15, 0.2) is 0 Å². The lowest BCUT2D eigenvalue weighted by Gasteiger charge is -2.28. The molecule has 2 saturated heterocycles. The molecule has 6 heteroatoms. The Bertz CT molecular complexity index is 388. The second kappa shape index (κ2) is 5.57. The first-order valence-corrected chi connectivity index (χ1v) is 8.55. The van der Waals surface area contributed by atoms with E-state index in [-0.39, 0.29) is 29.5 Å². The molecule has 18 heavy (non-hydrogen) atoms. The van der Waals surface area contributed by atoms with Gasteiger partial charge in [-0.05, 0) is 32.6 Å². The lowest BCUT2D eigenvalue weighted by molar-refractivity contribution is -0.132. The minimum Gasteiger partial charge on any atom is -0.341 e. The van der Waals surface area contributed by atoms with Gasteiger partial charge < -0.3 is 10.2 Å². The molecule has 1 amide bonds. The molecule has 0 aromatic rings. The van der Waals surface area contributed by atoms with E-state index in [0.29, 0.717) is 12.8 Å². The molecule has 1 N–H and O–H groups in total. The summed E-state index contributed by atoms with van der Waals surface area (Å²) in [4.78, 5) is 14.0. The van der Waals surface area contributed by atoms with E-state index in [4.69, 9.17) is 0 Å². The highest BCUT2D eigenvalue weighted by molar-refractivity contribution is 7.91. The average molecular weight is 274 g/mol. The van der Waals surface area contributed by atoms with Gasteiger partial charge >= 0.3 is 0 Å². The summed E-state index contributed by atoms with van der Waals surface area (Å²) < 4.78 is 22.6. The zero-order valence-corrected chi connectivity index (χ0v) is 11.7. The number of carbonyl (C=O) groups excluding carboxylic acids is 1. The van der Waals surface area contributed by atoms with Crippen molar-refractivity contribution in [3.8, 4) is 0 Å². The Morgan fingerprint density at radius 2 is 1.78 bits per heavy atom. The van der Waals surface area contributed by atoms with Gasteiger partial charge in [-0.15, -0.1) is 0 Å². The maximum atomic E-state index is 12.1. The van der Waals surface area contributed by atoms with Crippen molar-refractivity contribution in [1.29, 1.82) is 0 Å². The summed E-state index contributed by atoms with van der Waals surface area (Å²) in [6, 6.07) is -0.0380. The molecule has 2 heterocycles. The van der Waals surface area contributed by atoms with Crippen LogP contribution in [0.2, 0.25) is 0 Å². The number of likely N-dealkylation sites (tertiary alicyclic amines) is 1. The first kappa shape index (κ1) is 13.8. The average Bonchev–Trinajstić information content (AvgIpc) is 2.84. The number of carbonyl (C=O) groups is 1. The van der Waals surface area contributed by atoms with E-state index in [1.807, 2.05) is 11.8 Å². The molecule has 104 valence electrons. The molecule has 0 spiro atoms. The van der Waals surface area contributed by atoms with Gasteiger partial charge in [0.1, 0.15) is 9.84 Å². The Morgan fingerprint density at radius 3 is 2.33 bits per heavy atom. The summed E-state index contributed by atoms with van der Waals surface area (Å²) in [5.41, 5.74) is 0. The first-order valence-electron chi connectivity index (χ1n) is 6.73. The second-order valence-corrected chi connectivity index (χ2v) is 7.65. The quantitative estimate of drug-likeness (QED) is 0.796. The molecule has 2 aliphatic heterocycles. The summed E-state index contributed by atoms with van der Waals surface area (Å²) in [6.07, 6.45) is 3.44. The van der Waals surface area contributed by atoms with Crippen molar-refractivity contribution in [2.45, 2.75) is 44.7 Å². The van der Waals surface area contributed by atoms with Crippen LogP contribution in [0.3, 0.4) is 0 Å². The molecule has 0 radical (unpaired) electrons. The van der Waals surface area contributed by atoms with Crippen molar-refractivity contribution < 1.29 is 13.2 Å². The number of hydrogen-bond acceptors (Lipinski definition) is 4. The van der Waals surface area contributed by atoms with Crippen LogP contribution in [-0.2, 0) is 14.6 Å². The van der Waals surface area contributed by atoms with E-state index >= 15 is 0 Å². The van der Waals surface area contributed by atoms with Gasteiger partial charge in [0.2, 0.25) is 5.91 Å². The van der Waals surface area contributed by atoms with Crippen LogP contribution in [0.1, 0.15) is 32.6 Å². The largest absolute Gasteiger partial charge is 0.341 e. The maximum Gasteiger partial charge on any atom is 0.239 e. The fourth-order valence-electron chi connectivity index (χ4n) is 2.69. The molecule has 1 atom stereocenters. The van der Waals surface area contributed by atoms with Crippen LogP contribution in [0.4, 0.5) is 0 Å². The standard InChI is InChI=1S/C12H22N2O3S/c1-10(12(15)14-6-2-3-7-14)13-11-4-8-18(16,17)9-5-11/h10-11,13H,2-9H2,1H3. The number of amides is 1. The number of hydrogen-bond donors (Lipinski definition) is 1. The highest BCUT2D eigenvalue weighted by atomic mass is 32.2. The van der Waals surface area contributed by atoms with Gasteiger partial charge in [0, 0.05) is 19.1 Å². The summed E-state index contributed by atoms with van der Waals surface area (Å²) >= 11 is 0. The first-order chi connectivity index (χ1) is 8.48. The van der Waals surface area contributed by atoms with Crippen LogP contribution in [0.15, 0.2) is 0 Å². The predicted molar refractivity (Wildman–Crippen MR) is 70.1 cm³/mol. The Labute approximate surface area is 109 Å². The molecule has 0 bridgehead atoms. The van der Waals surface area contributed by atoms with E-state index in [9.17, 15) is 13.2 Å². The Kier molecular flexibility index (Phi) is 4.27. The van der Waals surface area contributed by atoms with Gasteiger partial charge in [-0.2, -0.15) is 0 Å². The van der Waals surface area contributed by atoms with Gasteiger partial charge in [-0.25, -0.2) is 8.42 Å². The van der Waals surface area contributed by atoms with Crippen LogP contribution < -0.4 is 5.32 Å². The van der Waals surface area contributed by atoms with Gasteiger partial charge in [-0.3, -0.25) is 4.79 Å². The van der Waals surface area contributed by atoms with Crippen molar-refractivity contribution in [3.05, 3.63) is 0 Å². The summed E-state index contributed by atoms with van der Waals surface area (Å²) in [7, 11) is -2.82. The molecule has 5 nitrogen and oxygen atoms in total. The predicted octanol–water partition coefficient (Wildman–Crippen LogP) is 0.164. The Balaban J connectivity index is 1.80. The summed E-state index contributed by atoms with van der Waals surface area (Å²) in [5, 5.41) is 3.28. The number of nitrogens with one attached hydrogen (secondary N) is 1. The normalized spacial score (nSPS) is 26.2. The molecule has 2 rings (SSSR count). The summed E-state index contributed by atoms with van der Waals surface area (Å²) in [6.45, 7) is 3.61. The van der Waals surface area contributed by atoms with Crippen LogP contribution in [0.25, 0.3) is 0 Å². The van der Waals surface area contributed by atoms with Gasteiger partial charge in [0.25, 0.3) is 0 Å². The monoisotopic (exact) mass is 274 g/mol.